The second-order valence-electron chi connectivity index (χ2n) is 20.2. The molecule has 0 aliphatic heterocycles. The Labute approximate surface area is 474 Å². The van der Waals surface area contributed by atoms with Crippen LogP contribution in [0.3, 0.4) is 0 Å². The van der Waals surface area contributed by atoms with Gasteiger partial charge in [-0.1, -0.05) is 269 Å². The lowest BCUT2D eigenvalue weighted by atomic mass is 10.0. The molecule has 0 amide bonds. The average molecular weight is 1060 g/mol. The maximum Gasteiger partial charge on any atom is 0.306 e. The van der Waals surface area contributed by atoms with Crippen molar-refractivity contribution in [3.63, 3.8) is 0 Å². The molecular formula is C71H114O6. The molecule has 6 heteroatoms. The zero-order valence-corrected chi connectivity index (χ0v) is 49.7. The molecule has 6 nitrogen and oxygen atoms in total. The van der Waals surface area contributed by atoms with Crippen LogP contribution in [-0.2, 0) is 28.6 Å². The highest BCUT2D eigenvalue weighted by molar-refractivity contribution is 5.71. The Kier molecular flexibility index (Phi) is 59.9. The van der Waals surface area contributed by atoms with Crippen LogP contribution < -0.4 is 0 Å². The van der Waals surface area contributed by atoms with Crippen LogP contribution in [0.25, 0.3) is 0 Å². The van der Waals surface area contributed by atoms with E-state index in [2.05, 4.69) is 154 Å². The third kappa shape index (κ3) is 62.0. The number of allylic oxidation sites excluding steroid dienone is 24. The number of hydrogen-bond acceptors (Lipinski definition) is 6. The number of esters is 3. The van der Waals surface area contributed by atoms with Gasteiger partial charge in [-0.2, -0.15) is 0 Å². The lowest BCUT2D eigenvalue weighted by Crippen LogP contribution is -2.30. The molecule has 1 atom stereocenters. The summed E-state index contributed by atoms with van der Waals surface area (Å²) >= 11 is 0. The molecule has 0 bridgehead atoms. The zero-order chi connectivity index (χ0) is 55.7. The number of carbonyl (C=O) groups is 3. The summed E-state index contributed by atoms with van der Waals surface area (Å²) in [5, 5.41) is 0. The van der Waals surface area contributed by atoms with E-state index in [1.165, 1.54) is 83.5 Å². The van der Waals surface area contributed by atoms with E-state index in [1.54, 1.807) is 0 Å². The molecule has 77 heavy (non-hydrogen) atoms. The summed E-state index contributed by atoms with van der Waals surface area (Å²) in [6.45, 7) is 6.22. The van der Waals surface area contributed by atoms with Crippen molar-refractivity contribution in [3.8, 4) is 0 Å². The van der Waals surface area contributed by atoms with Crippen molar-refractivity contribution in [2.45, 2.75) is 271 Å². The van der Waals surface area contributed by atoms with Gasteiger partial charge in [-0.05, 0) is 122 Å². The quantitative estimate of drug-likeness (QED) is 0.0261. The summed E-state index contributed by atoms with van der Waals surface area (Å²) in [5.74, 6) is -1.01. The van der Waals surface area contributed by atoms with E-state index in [0.717, 1.165) is 135 Å². The summed E-state index contributed by atoms with van der Waals surface area (Å²) < 4.78 is 16.8. The van der Waals surface area contributed by atoms with Crippen LogP contribution in [-0.4, -0.2) is 37.2 Å². The molecule has 0 aromatic rings. The normalized spacial score (nSPS) is 13.1. The Morgan fingerprint density at radius 2 is 0.494 bits per heavy atom. The number of hydrogen-bond donors (Lipinski definition) is 0. The lowest BCUT2D eigenvalue weighted by Gasteiger charge is -2.18. The van der Waals surface area contributed by atoms with E-state index in [4.69, 9.17) is 14.2 Å². The smallest absolute Gasteiger partial charge is 0.306 e. The fourth-order valence-electron chi connectivity index (χ4n) is 8.26. The van der Waals surface area contributed by atoms with Crippen LogP contribution >= 0.6 is 0 Å². The van der Waals surface area contributed by atoms with Crippen molar-refractivity contribution in [2.75, 3.05) is 13.2 Å². The highest BCUT2D eigenvalue weighted by Gasteiger charge is 2.19. The van der Waals surface area contributed by atoms with Gasteiger partial charge in [-0.3, -0.25) is 14.4 Å². The summed E-state index contributed by atoms with van der Waals surface area (Å²) in [7, 11) is 0. The van der Waals surface area contributed by atoms with Crippen molar-refractivity contribution >= 4 is 17.9 Å². The van der Waals surface area contributed by atoms with Crippen molar-refractivity contribution < 1.29 is 28.6 Å². The molecule has 0 saturated heterocycles. The monoisotopic (exact) mass is 1060 g/mol. The molecule has 0 aromatic heterocycles. The van der Waals surface area contributed by atoms with Gasteiger partial charge in [0, 0.05) is 19.3 Å². The first-order chi connectivity index (χ1) is 38.0. The van der Waals surface area contributed by atoms with E-state index < -0.39 is 6.10 Å². The maximum atomic E-state index is 12.9. The van der Waals surface area contributed by atoms with Crippen LogP contribution in [0.5, 0.6) is 0 Å². The van der Waals surface area contributed by atoms with Gasteiger partial charge in [0.2, 0.25) is 0 Å². The Morgan fingerprint density at radius 3 is 0.805 bits per heavy atom. The van der Waals surface area contributed by atoms with Crippen molar-refractivity contribution in [1.29, 1.82) is 0 Å². The maximum absolute atomic E-state index is 12.9. The topological polar surface area (TPSA) is 78.9 Å². The minimum Gasteiger partial charge on any atom is -0.462 e. The number of unbranched alkanes of at least 4 members (excludes halogenated alkanes) is 20. The summed E-state index contributed by atoms with van der Waals surface area (Å²) in [6.07, 6.45) is 91.7. The lowest BCUT2D eigenvalue weighted by molar-refractivity contribution is -0.166. The summed E-state index contributed by atoms with van der Waals surface area (Å²) in [4.78, 5) is 38.2. The molecule has 0 radical (unpaired) electrons. The zero-order valence-electron chi connectivity index (χ0n) is 49.7. The van der Waals surface area contributed by atoms with E-state index in [1.807, 2.05) is 12.2 Å². The van der Waals surface area contributed by atoms with E-state index in [9.17, 15) is 14.4 Å². The first kappa shape index (κ1) is 72.3. The van der Waals surface area contributed by atoms with E-state index in [-0.39, 0.29) is 44.0 Å². The molecule has 0 fully saturated rings. The second kappa shape index (κ2) is 63.8. The molecular weight excluding hydrogens is 949 g/mol. The minimum absolute atomic E-state index is 0.111. The van der Waals surface area contributed by atoms with Gasteiger partial charge in [-0.15, -0.1) is 0 Å². The standard InChI is InChI=1S/C71H114O6/c1-4-7-10-13-16-19-22-25-27-28-29-30-31-32-33-34-35-36-37-38-39-40-41-42-44-46-49-52-55-58-61-64-70(73)76-67-68(66-75-69(72)63-60-57-54-51-48-45-24-21-18-15-12-9-6-3)77-71(74)65-62-59-56-53-50-47-43-26-23-20-17-14-11-8-5-2/h7-12,16-21,25-27,29-30,32-33,43,45,48,54,57,68H,4-6,13-15,22-24,28,31,34-42,44,46-47,49-53,55-56,58-67H2,1-3H3/b10-7-,11-8-,12-9-,19-16-,20-17-,21-18-,27-25-,30-29-,33-32-,43-26-,48-45-,57-54-. The highest BCUT2D eigenvalue weighted by Crippen LogP contribution is 2.16. The predicted octanol–water partition coefficient (Wildman–Crippen LogP) is 21.5. The number of rotatable bonds is 55. The second-order valence-corrected chi connectivity index (χ2v) is 20.2. The Balaban J connectivity index is 4.27. The van der Waals surface area contributed by atoms with Crippen molar-refractivity contribution in [3.05, 3.63) is 146 Å². The van der Waals surface area contributed by atoms with Crippen molar-refractivity contribution in [2.24, 2.45) is 0 Å². The third-order valence-electron chi connectivity index (χ3n) is 12.8. The Hall–Kier alpha value is -4.71. The first-order valence-corrected chi connectivity index (χ1v) is 31.3. The largest absolute Gasteiger partial charge is 0.462 e. The molecule has 0 aromatic carbocycles. The minimum atomic E-state index is -0.821. The highest BCUT2D eigenvalue weighted by atomic mass is 16.6. The van der Waals surface area contributed by atoms with Gasteiger partial charge >= 0.3 is 17.9 Å². The van der Waals surface area contributed by atoms with Gasteiger partial charge in [0.05, 0.1) is 0 Å². The van der Waals surface area contributed by atoms with Crippen LogP contribution in [0.4, 0.5) is 0 Å². The van der Waals surface area contributed by atoms with E-state index in [0.29, 0.717) is 12.8 Å². The molecule has 0 aliphatic carbocycles. The Morgan fingerprint density at radius 1 is 0.260 bits per heavy atom. The van der Waals surface area contributed by atoms with Crippen LogP contribution in [0.1, 0.15) is 265 Å². The molecule has 0 N–H and O–H groups in total. The first-order valence-electron chi connectivity index (χ1n) is 31.3. The fraction of sp³-hybridized carbons (Fsp3) is 0.620. The molecule has 0 heterocycles. The van der Waals surface area contributed by atoms with Crippen LogP contribution in [0, 0.1) is 0 Å². The van der Waals surface area contributed by atoms with Gasteiger partial charge < -0.3 is 14.2 Å². The number of ether oxygens (including phenoxy) is 3. The van der Waals surface area contributed by atoms with Crippen molar-refractivity contribution in [1.82, 2.24) is 0 Å². The van der Waals surface area contributed by atoms with Crippen LogP contribution in [0.15, 0.2) is 146 Å². The molecule has 1 unspecified atom stereocenters. The number of carbonyl (C=O) groups excluding carboxylic acids is 3. The average Bonchev–Trinajstić information content (AvgIpc) is 3.43. The molecule has 434 valence electrons. The Bertz CT molecular complexity index is 1700. The summed E-state index contributed by atoms with van der Waals surface area (Å²) in [6, 6.07) is 0. The van der Waals surface area contributed by atoms with Crippen LogP contribution in [0.2, 0.25) is 0 Å². The molecule has 0 rings (SSSR count). The molecule has 0 aliphatic rings. The van der Waals surface area contributed by atoms with Gasteiger partial charge in [-0.25, -0.2) is 0 Å². The fourth-order valence-corrected chi connectivity index (χ4v) is 8.26. The van der Waals surface area contributed by atoms with E-state index >= 15 is 0 Å². The molecule has 0 spiro atoms. The molecule has 0 saturated carbocycles. The van der Waals surface area contributed by atoms with Gasteiger partial charge in [0.25, 0.3) is 0 Å². The predicted molar refractivity (Wildman–Crippen MR) is 334 cm³/mol. The van der Waals surface area contributed by atoms with Gasteiger partial charge in [0.1, 0.15) is 13.2 Å². The summed E-state index contributed by atoms with van der Waals surface area (Å²) in [5.41, 5.74) is 0. The third-order valence-corrected chi connectivity index (χ3v) is 12.8. The SMILES string of the molecule is CC/C=C\C/C=C\C/C=C\C/C=C\C/C=C\CCCCCCCCCCCCCCCCCC(=O)OCC(COC(=O)CC/C=C\C/C=C\C/C=C\C/C=C\CC)OC(=O)CCCCCCC/C=C\C/C=C\C/C=C\CC. The van der Waals surface area contributed by atoms with Gasteiger partial charge in [0.15, 0.2) is 6.10 Å².